The van der Waals surface area contributed by atoms with Crippen molar-refractivity contribution in [3.05, 3.63) is 0 Å². The molecule has 1 heterocycles. The van der Waals surface area contributed by atoms with E-state index >= 15 is 0 Å². The van der Waals surface area contributed by atoms with E-state index in [4.69, 9.17) is 5.73 Å². The summed E-state index contributed by atoms with van der Waals surface area (Å²) in [5.74, 6) is 0. The van der Waals surface area contributed by atoms with Gasteiger partial charge < -0.3 is 10.6 Å². The van der Waals surface area contributed by atoms with Crippen LogP contribution in [0.2, 0.25) is 0 Å². The number of piperidine rings is 1. The van der Waals surface area contributed by atoms with Gasteiger partial charge in [0.1, 0.15) is 0 Å². The molecule has 2 N–H and O–H groups in total. The van der Waals surface area contributed by atoms with E-state index in [0.717, 1.165) is 19.5 Å². The third-order valence-electron chi connectivity index (χ3n) is 2.50. The summed E-state index contributed by atoms with van der Waals surface area (Å²) >= 11 is 0. The molecule has 0 aromatic rings. The van der Waals surface area contributed by atoms with E-state index in [2.05, 4.69) is 25.8 Å². The lowest BCUT2D eigenvalue weighted by Crippen LogP contribution is -2.51. The third-order valence-corrected chi connectivity index (χ3v) is 2.50. The van der Waals surface area contributed by atoms with E-state index in [9.17, 15) is 0 Å². The lowest BCUT2D eigenvalue weighted by Gasteiger charge is -2.40. The summed E-state index contributed by atoms with van der Waals surface area (Å²) in [6.07, 6.45) is 1.14. The Morgan fingerprint density at radius 2 is 2.10 bits per heavy atom. The fourth-order valence-electron chi connectivity index (χ4n) is 1.64. The van der Waals surface area contributed by atoms with E-state index in [1.807, 2.05) is 0 Å². The standard InChI is InChI=1S/C8H18N2/c1-8(2)6-10(3)5-4-7(8)9/h7H,4-6,9H2,1-3H3/t7-/m0/s1. The first-order valence-corrected chi connectivity index (χ1v) is 3.96. The molecule has 1 rings (SSSR count). The molecule has 1 fully saturated rings. The van der Waals surface area contributed by atoms with Crippen molar-refractivity contribution in [3.8, 4) is 0 Å². The van der Waals surface area contributed by atoms with Crippen LogP contribution in [0.3, 0.4) is 0 Å². The highest BCUT2D eigenvalue weighted by Crippen LogP contribution is 2.26. The van der Waals surface area contributed by atoms with E-state index in [-0.39, 0.29) is 0 Å². The van der Waals surface area contributed by atoms with Gasteiger partial charge in [-0.3, -0.25) is 0 Å². The zero-order valence-corrected chi connectivity index (χ0v) is 7.22. The van der Waals surface area contributed by atoms with Crippen LogP contribution >= 0.6 is 0 Å². The Kier molecular flexibility index (Phi) is 2.02. The van der Waals surface area contributed by atoms with Crippen molar-refractivity contribution in [1.29, 1.82) is 0 Å². The minimum atomic E-state index is 0.312. The smallest absolute Gasteiger partial charge is 0.0115 e. The quantitative estimate of drug-likeness (QED) is 0.539. The molecule has 0 unspecified atom stereocenters. The van der Waals surface area contributed by atoms with Gasteiger partial charge in [-0.25, -0.2) is 0 Å². The van der Waals surface area contributed by atoms with Crippen LogP contribution in [0, 0.1) is 5.41 Å². The molecule has 60 valence electrons. The highest BCUT2D eigenvalue weighted by Gasteiger charge is 2.31. The molecule has 0 aromatic carbocycles. The lowest BCUT2D eigenvalue weighted by atomic mass is 9.80. The van der Waals surface area contributed by atoms with Gasteiger partial charge >= 0.3 is 0 Å². The number of rotatable bonds is 0. The molecule has 10 heavy (non-hydrogen) atoms. The SMILES string of the molecule is CN1CC[C@H](N)C(C)(C)C1. The van der Waals surface area contributed by atoms with Crippen LogP contribution in [0.1, 0.15) is 20.3 Å². The fourth-order valence-corrected chi connectivity index (χ4v) is 1.64. The van der Waals surface area contributed by atoms with E-state index in [0.29, 0.717) is 11.5 Å². The van der Waals surface area contributed by atoms with Crippen molar-refractivity contribution in [2.75, 3.05) is 20.1 Å². The van der Waals surface area contributed by atoms with Gasteiger partial charge in [0.15, 0.2) is 0 Å². The number of nitrogens with two attached hydrogens (primary N) is 1. The zero-order chi connectivity index (χ0) is 7.78. The number of nitrogens with zero attached hydrogens (tertiary/aromatic N) is 1. The molecule has 0 saturated carbocycles. The monoisotopic (exact) mass is 142 g/mol. The molecule has 0 amide bonds. The molecule has 1 aliphatic heterocycles. The molecule has 1 aliphatic rings. The van der Waals surface area contributed by atoms with Crippen LogP contribution in [-0.4, -0.2) is 31.1 Å². The number of likely N-dealkylation sites (tertiary alicyclic amines) is 1. The van der Waals surface area contributed by atoms with Crippen molar-refractivity contribution < 1.29 is 0 Å². The Morgan fingerprint density at radius 3 is 2.50 bits per heavy atom. The van der Waals surface area contributed by atoms with Gasteiger partial charge in [0, 0.05) is 12.6 Å². The first-order valence-electron chi connectivity index (χ1n) is 3.96. The highest BCUT2D eigenvalue weighted by atomic mass is 15.1. The van der Waals surface area contributed by atoms with Crippen LogP contribution in [0.5, 0.6) is 0 Å². The van der Waals surface area contributed by atoms with Gasteiger partial charge in [-0.05, 0) is 25.4 Å². The summed E-state index contributed by atoms with van der Waals surface area (Å²) in [4.78, 5) is 2.35. The highest BCUT2D eigenvalue weighted by molar-refractivity contribution is 4.88. The predicted octanol–water partition coefficient (Wildman–Crippen LogP) is 0.675. The second kappa shape index (κ2) is 2.51. The van der Waals surface area contributed by atoms with Crippen molar-refractivity contribution in [2.45, 2.75) is 26.3 Å². The fraction of sp³-hybridized carbons (Fsp3) is 1.00. The summed E-state index contributed by atoms with van der Waals surface area (Å²) in [6, 6.07) is 0.392. The predicted molar refractivity (Wildman–Crippen MR) is 43.9 cm³/mol. The molecule has 0 spiro atoms. The van der Waals surface area contributed by atoms with Gasteiger partial charge in [-0.15, -0.1) is 0 Å². The molecule has 0 bridgehead atoms. The molecule has 2 nitrogen and oxygen atoms in total. The van der Waals surface area contributed by atoms with Crippen LogP contribution in [0.4, 0.5) is 0 Å². The Morgan fingerprint density at radius 1 is 1.50 bits per heavy atom. The second-order valence-corrected chi connectivity index (χ2v) is 4.12. The average molecular weight is 142 g/mol. The van der Waals surface area contributed by atoms with Gasteiger partial charge in [0.05, 0.1) is 0 Å². The summed E-state index contributed by atoms with van der Waals surface area (Å²) in [7, 11) is 2.16. The van der Waals surface area contributed by atoms with Gasteiger partial charge in [0.2, 0.25) is 0 Å². The maximum absolute atomic E-state index is 5.95. The van der Waals surface area contributed by atoms with Crippen molar-refractivity contribution in [2.24, 2.45) is 11.1 Å². The largest absolute Gasteiger partial charge is 0.327 e. The van der Waals surface area contributed by atoms with Crippen molar-refractivity contribution in [3.63, 3.8) is 0 Å². The first kappa shape index (κ1) is 8.02. The van der Waals surface area contributed by atoms with Crippen LogP contribution in [0.15, 0.2) is 0 Å². The minimum absolute atomic E-state index is 0.312. The van der Waals surface area contributed by atoms with Crippen molar-refractivity contribution in [1.82, 2.24) is 4.90 Å². The Bertz CT molecular complexity index is 120. The van der Waals surface area contributed by atoms with E-state index in [1.54, 1.807) is 0 Å². The topological polar surface area (TPSA) is 29.3 Å². The molecular weight excluding hydrogens is 124 g/mol. The Balaban J connectivity index is 2.55. The molecule has 2 heteroatoms. The minimum Gasteiger partial charge on any atom is -0.327 e. The molecule has 0 aromatic heterocycles. The summed E-state index contributed by atoms with van der Waals surface area (Å²) in [5, 5.41) is 0. The first-order chi connectivity index (χ1) is 4.52. The lowest BCUT2D eigenvalue weighted by molar-refractivity contribution is 0.117. The Hall–Kier alpha value is -0.0800. The summed E-state index contributed by atoms with van der Waals surface area (Å²) in [5.41, 5.74) is 6.26. The van der Waals surface area contributed by atoms with Crippen LogP contribution < -0.4 is 5.73 Å². The van der Waals surface area contributed by atoms with E-state index in [1.165, 1.54) is 0 Å². The molecule has 0 radical (unpaired) electrons. The normalized spacial score (nSPS) is 34.2. The Labute approximate surface area is 63.4 Å². The molecule has 0 aliphatic carbocycles. The third kappa shape index (κ3) is 1.50. The van der Waals surface area contributed by atoms with Crippen LogP contribution in [-0.2, 0) is 0 Å². The average Bonchev–Trinajstić information content (AvgIpc) is 1.78. The number of hydrogen-bond acceptors (Lipinski definition) is 2. The molecular formula is C8H18N2. The van der Waals surface area contributed by atoms with Gasteiger partial charge in [-0.1, -0.05) is 13.8 Å². The molecule has 1 atom stereocenters. The molecule has 1 saturated heterocycles. The number of hydrogen-bond donors (Lipinski definition) is 1. The maximum Gasteiger partial charge on any atom is 0.0115 e. The summed E-state index contributed by atoms with van der Waals surface area (Å²) < 4.78 is 0. The van der Waals surface area contributed by atoms with E-state index < -0.39 is 0 Å². The summed E-state index contributed by atoms with van der Waals surface area (Å²) in [6.45, 7) is 6.78. The maximum atomic E-state index is 5.95. The second-order valence-electron chi connectivity index (χ2n) is 4.12. The van der Waals surface area contributed by atoms with Gasteiger partial charge in [0.25, 0.3) is 0 Å². The van der Waals surface area contributed by atoms with Crippen molar-refractivity contribution >= 4 is 0 Å². The van der Waals surface area contributed by atoms with Gasteiger partial charge in [-0.2, -0.15) is 0 Å². The van der Waals surface area contributed by atoms with Crippen LogP contribution in [0.25, 0.3) is 0 Å². The zero-order valence-electron chi connectivity index (χ0n) is 7.22.